The van der Waals surface area contributed by atoms with Crippen LogP contribution in [0, 0.1) is 18.2 Å². The summed E-state index contributed by atoms with van der Waals surface area (Å²) in [5.41, 5.74) is -0.766. The van der Waals surface area contributed by atoms with Crippen LogP contribution in [0.2, 0.25) is 0 Å². The number of aliphatic hydroxyl groups excluding tert-OH is 1. The summed E-state index contributed by atoms with van der Waals surface area (Å²) in [6.45, 7) is 0.956. The molecule has 2 aromatic carbocycles. The molecule has 25 heavy (non-hydrogen) atoms. The number of hydrogen-bond acceptors (Lipinski definition) is 4. The molecule has 1 fully saturated rings. The first-order chi connectivity index (χ1) is 11.7. The predicted octanol–water partition coefficient (Wildman–Crippen LogP) is 2.14. The molecular formula is C18H17FO5S. The van der Waals surface area contributed by atoms with Crippen molar-refractivity contribution in [1.29, 1.82) is 0 Å². The lowest BCUT2D eigenvalue weighted by Crippen LogP contribution is -2.27. The van der Waals surface area contributed by atoms with Gasteiger partial charge in [0.25, 0.3) is 0 Å². The van der Waals surface area contributed by atoms with Gasteiger partial charge in [-0.15, -0.1) is 0 Å². The van der Waals surface area contributed by atoms with Crippen molar-refractivity contribution in [1.82, 2.24) is 0 Å². The highest BCUT2D eigenvalue weighted by atomic mass is 32.2. The van der Waals surface area contributed by atoms with Gasteiger partial charge in [-0.05, 0) is 36.8 Å². The van der Waals surface area contributed by atoms with Crippen LogP contribution in [0.4, 0.5) is 4.39 Å². The molecule has 1 aliphatic carbocycles. The third-order valence-electron chi connectivity index (χ3n) is 4.81. The highest BCUT2D eigenvalue weighted by molar-refractivity contribution is 7.92. The molecule has 0 aromatic heterocycles. The Bertz CT molecular complexity index is 923. The summed E-state index contributed by atoms with van der Waals surface area (Å²) >= 11 is 0. The maximum atomic E-state index is 13.5. The quantitative estimate of drug-likeness (QED) is 0.848. The molecule has 132 valence electrons. The molecule has 0 heterocycles. The Morgan fingerprint density at radius 1 is 1.20 bits per heavy atom. The lowest BCUT2D eigenvalue weighted by molar-refractivity contribution is -0.145. The summed E-state index contributed by atoms with van der Waals surface area (Å²) in [5.74, 6) is -3.02. The molecule has 0 radical (unpaired) electrons. The van der Waals surface area contributed by atoms with Gasteiger partial charge in [0.1, 0.15) is 11.2 Å². The molecule has 0 aliphatic heterocycles. The number of sulfone groups is 1. The van der Waals surface area contributed by atoms with E-state index < -0.39 is 44.8 Å². The second kappa shape index (κ2) is 5.93. The van der Waals surface area contributed by atoms with Gasteiger partial charge < -0.3 is 10.2 Å². The Kier molecular flexibility index (Phi) is 4.17. The van der Waals surface area contributed by atoms with Crippen molar-refractivity contribution in [3.63, 3.8) is 0 Å². The van der Waals surface area contributed by atoms with Crippen molar-refractivity contribution in [3.8, 4) is 0 Å². The van der Waals surface area contributed by atoms with Gasteiger partial charge in [0.15, 0.2) is 9.84 Å². The molecule has 1 saturated carbocycles. The van der Waals surface area contributed by atoms with Crippen molar-refractivity contribution in [3.05, 3.63) is 65.5 Å². The summed E-state index contributed by atoms with van der Waals surface area (Å²) in [4.78, 5) is 11.8. The molecule has 1 aliphatic rings. The molecule has 5 nitrogen and oxygen atoms in total. The number of carbonyl (C=O) groups is 1. The zero-order valence-electron chi connectivity index (χ0n) is 13.4. The number of aliphatic hydroxyl groups is 1. The minimum absolute atomic E-state index is 0.0129. The molecule has 2 N–H and O–H groups in total. The van der Waals surface area contributed by atoms with Gasteiger partial charge in [-0.3, -0.25) is 4.79 Å². The number of hydrogen-bond donors (Lipinski definition) is 2. The first kappa shape index (κ1) is 17.6. The molecule has 3 rings (SSSR count). The van der Waals surface area contributed by atoms with Crippen LogP contribution in [-0.4, -0.2) is 36.5 Å². The number of aryl methyl sites for hydroxylation is 1. The van der Waals surface area contributed by atoms with E-state index in [-0.39, 0.29) is 10.5 Å². The van der Waals surface area contributed by atoms with E-state index >= 15 is 0 Å². The SMILES string of the molecule is Cc1ccc(S(=O)(=O)C2C(c3cccc(F)c3)C2(CO)C(=O)O)cc1. The lowest BCUT2D eigenvalue weighted by atomic mass is 10.00. The van der Waals surface area contributed by atoms with Crippen molar-refractivity contribution in [2.75, 3.05) is 6.61 Å². The largest absolute Gasteiger partial charge is 0.481 e. The molecule has 0 amide bonds. The second-order valence-electron chi connectivity index (χ2n) is 6.31. The molecule has 3 atom stereocenters. The Morgan fingerprint density at radius 2 is 1.84 bits per heavy atom. The molecular weight excluding hydrogens is 347 g/mol. The predicted molar refractivity (Wildman–Crippen MR) is 88.4 cm³/mol. The summed E-state index contributed by atoms with van der Waals surface area (Å²) in [6, 6.07) is 11.2. The van der Waals surface area contributed by atoms with Crippen LogP contribution in [0.5, 0.6) is 0 Å². The highest BCUT2D eigenvalue weighted by Gasteiger charge is 2.75. The fourth-order valence-corrected chi connectivity index (χ4v) is 5.78. The van der Waals surface area contributed by atoms with E-state index in [4.69, 9.17) is 0 Å². The average molecular weight is 364 g/mol. The highest BCUT2D eigenvalue weighted by Crippen LogP contribution is 2.64. The van der Waals surface area contributed by atoms with E-state index in [1.54, 1.807) is 19.1 Å². The average Bonchev–Trinajstić information content (AvgIpc) is 3.27. The Hall–Kier alpha value is -2.25. The van der Waals surface area contributed by atoms with Gasteiger partial charge in [0.2, 0.25) is 0 Å². The third-order valence-corrected chi connectivity index (χ3v) is 7.10. The molecule has 0 spiro atoms. The van der Waals surface area contributed by atoms with Gasteiger partial charge in [-0.2, -0.15) is 0 Å². The number of benzene rings is 2. The molecule has 0 bridgehead atoms. The maximum absolute atomic E-state index is 13.5. The topological polar surface area (TPSA) is 91.7 Å². The minimum atomic E-state index is -4.02. The summed E-state index contributed by atoms with van der Waals surface area (Å²) in [5, 5.41) is 18.0. The number of carboxylic acid groups (broad SMARTS) is 1. The minimum Gasteiger partial charge on any atom is -0.481 e. The van der Waals surface area contributed by atoms with E-state index in [0.29, 0.717) is 0 Å². The summed E-state index contributed by atoms with van der Waals surface area (Å²) < 4.78 is 39.5. The van der Waals surface area contributed by atoms with Gasteiger partial charge in [-0.25, -0.2) is 12.8 Å². The third kappa shape index (κ3) is 2.63. The Morgan fingerprint density at radius 3 is 2.36 bits per heavy atom. The van der Waals surface area contributed by atoms with Crippen molar-refractivity contribution in [2.24, 2.45) is 5.41 Å². The normalized spacial score (nSPS) is 25.6. The maximum Gasteiger partial charge on any atom is 0.314 e. The number of rotatable bonds is 5. The number of aliphatic carboxylic acids is 1. The lowest BCUT2D eigenvalue weighted by Gasteiger charge is -2.09. The fraction of sp³-hybridized carbons (Fsp3) is 0.278. The monoisotopic (exact) mass is 364 g/mol. The molecule has 3 unspecified atom stereocenters. The zero-order chi connectivity index (χ0) is 18.4. The standard InChI is InChI=1S/C18H17FO5S/c1-11-5-7-14(8-6-11)25(23,24)16-15(18(16,10-20)17(21)22)12-3-2-4-13(19)9-12/h2-9,15-16,20H,10H2,1H3,(H,21,22). The molecule has 7 heteroatoms. The van der Waals surface area contributed by atoms with Crippen LogP contribution in [0.15, 0.2) is 53.4 Å². The molecule has 2 aromatic rings. The van der Waals surface area contributed by atoms with E-state index in [2.05, 4.69) is 0 Å². The van der Waals surface area contributed by atoms with Gasteiger partial charge >= 0.3 is 5.97 Å². The van der Waals surface area contributed by atoms with E-state index in [1.165, 1.54) is 30.3 Å². The first-order valence-electron chi connectivity index (χ1n) is 7.65. The summed E-state index contributed by atoms with van der Waals surface area (Å²) in [6.07, 6.45) is 0. The van der Waals surface area contributed by atoms with E-state index in [9.17, 15) is 27.8 Å². The number of carboxylic acids is 1. The summed E-state index contributed by atoms with van der Waals surface area (Å²) in [7, 11) is -4.02. The van der Waals surface area contributed by atoms with Crippen LogP contribution in [0.3, 0.4) is 0 Å². The zero-order valence-corrected chi connectivity index (χ0v) is 14.2. The van der Waals surface area contributed by atoms with Crippen molar-refractivity contribution < 1.29 is 27.8 Å². The fourth-order valence-electron chi connectivity index (χ4n) is 3.42. The number of halogens is 1. The van der Waals surface area contributed by atoms with Crippen LogP contribution in [-0.2, 0) is 14.6 Å². The van der Waals surface area contributed by atoms with E-state index in [1.807, 2.05) is 0 Å². The van der Waals surface area contributed by atoms with Crippen LogP contribution < -0.4 is 0 Å². The van der Waals surface area contributed by atoms with E-state index in [0.717, 1.165) is 11.6 Å². The van der Waals surface area contributed by atoms with Crippen LogP contribution in [0.25, 0.3) is 0 Å². The molecule has 0 saturated heterocycles. The smallest absolute Gasteiger partial charge is 0.314 e. The second-order valence-corrected chi connectivity index (χ2v) is 8.38. The van der Waals surface area contributed by atoms with Crippen LogP contribution in [0.1, 0.15) is 17.0 Å². The van der Waals surface area contributed by atoms with Gasteiger partial charge in [0, 0.05) is 5.92 Å². The van der Waals surface area contributed by atoms with Crippen molar-refractivity contribution >= 4 is 15.8 Å². The van der Waals surface area contributed by atoms with Gasteiger partial charge in [0.05, 0.1) is 16.8 Å². The Balaban J connectivity index is 2.12. The van der Waals surface area contributed by atoms with Crippen molar-refractivity contribution in [2.45, 2.75) is 23.0 Å². The van der Waals surface area contributed by atoms with Gasteiger partial charge in [-0.1, -0.05) is 29.8 Å². The Labute approximate surface area is 144 Å². The first-order valence-corrected chi connectivity index (χ1v) is 9.20. The van der Waals surface area contributed by atoms with Crippen LogP contribution >= 0.6 is 0 Å².